The predicted octanol–water partition coefficient (Wildman–Crippen LogP) is 2.94. The molecular weight excluding hydrogens is 338 g/mol. The predicted molar refractivity (Wildman–Crippen MR) is 103 cm³/mol. The third kappa shape index (κ3) is 3.92. The van der Waals surface area contributed by atoms with Crippen LogP contribution in [-0.2, 0) is 10.4 Å². The molecule has 3 aromatic rings. The van der Waals surface area contributed by atoms with Crippen LogP contribution < -0.4 is 5.43 Å². The monoisotopic (exact) mass is 355 g/mol. The molecule has 0 radical (unpaired) electrons. The van der Waals surface area contributed by atoms with E-state index in [0.29, 0.717) is 16.7 Å². The summed E-state index contributed by atoms with van der Waals surface area (Å²) in [6.07, 6.45) is 1.45. The van der Waals surface area contributed by atoms with E-state index in [0.717, 1.165) is 5.56 Å². The number of aliphatic hydroxyl groups is 1. The molecule has 132 valence electrons. The van der Waals surface area contributed by atoms with E-state index in [9.17, 15) is 9.90 Å². The molecule has 0 aliphatic heterocycles. The van der Waals surface area contributed by atoms with Gasteiger partial charge in [-0.2, -0.15) is 10.4 Å². The van der Waals surface area contributed by atoms with E-state index in [1.54, 1.807) is 72.8 Å². The topological polar surface area (TPSA) is 85.5 Å². The van der Waals surface area contributed by atoms with Crippen LogP contribution in [0.1, 0.15) is 22.3 Å². The van der Waals surface area contributed by atoms with E-state index in [1.807, 2.05) is 18.2 Å². The Kier molecular flexibility index (Phi) is 5.41. The van der Waals surface area contributed by atoms with E-state index in [2.05, 4.69) is 10.5 Å². The zero-order valence-corrected chi connectivity index (χ0v) is 14.4. The first kappa shape index (κ1) is 18.1. The Morgan fingerprint density at radius 2 is 1.44 bits per heavy atom. The van der Waals surface area contributed by atoms with Crippen LogP contribution in [0.25, 0.3) is 0 Å². The summed E-state index contributed by atoms with van der Waals surface area (Å²) >= 11 is 0. The number of amides is 1. The second-order valence-corrected chi connectivity index (χ2v) is 5.88. The van der Waals surface area contributed by atoms with Crippen LogP contribution in [0.5, 0.6) is 0 Å². The van der Waals surface area contributed by atoms with Gasteiger partial charge in [0.1, 0.15) is 0 Å². The molecule has 0 aromatic heterocycles. The second kappa shape index (κ2) is 8.09. The number of nitrogens with one attached hydrogen (secondary N) is 1. The highest BCUT2D eigenvalue weighted by atomic mass is 16.3. The fourth-order valence-corrected chi connectivity index (χ4v) is 2.68. The number of hydrogen-bond donors (Lipinski definition) is 2. The van der Waals surface area contributed by atoms with Crippen LogP contribution in [0, 0.1) is 11.3 Å². The normalized spacial score (nSPS) is 11.1. The molecule has 0 heterocycles. The van der Waals surface area contributed by atoms with Crippen LogP contribution in [0.15, 0.2) is 90.0 Å². The first-order valence-electron chi connectivity index (χ1n) is 8.31. The maximum Gasteiger partial charge on any atom is 0.281 e. The van der Waals surface area contributed by atoms with E-state index in [1.165, 1.54) is 6.21 Å². The van der Waals surface area contributed by atoms with Crippen LogP contribution in [0.2, 0.25) is 0 Å². The zero-order chi connectivity index (χ0) is 19.1. The summed E-state index contributed by atoms with van der Waals surface area (Å²) in [5.74, 6) is -0.662. The maximum absolute atomic E-state index is 12.8. The number of carbonyl (C=O) groups excluding carboxylic acids is 1. The van der Waals surface area contributed by atoms with Crippen molar-refractivity contribution in [3.8, 4) is 6.07 Å². The molecular formula is C22H17N3O2. The molecule has 0 saturated heterocycles. The molecule has 0 saturated carbocycles. The SMILES string of the molecule is N#Cc1ccc(/C=N\NC(=O)C(O)(c2ccccc2)c2ccccc2)cc1. The third-order valence-electron chi connectivity index (χ3n) is 4.13. The Morgan fingerprint density at radius 3 is 1.93 bits per heavy atom. The first-order chi connectivity index (χ1) is 13.1. The quantitative estimate of drug-likeness (QED) is 0.545. The van der Waals surface area contributed by atoms with Gasteiger partial charge in [0, 0.05) is 0 Å². The number of nitriles is 1. The van der Waals surface area contributed by atoms with Crippen molar-refractivity contribution in [2.75, 3.05) is 0 Å². The number of nitrogens with zero attached hydrogens (tertiary/aromatic N) is 2. The smallest absolute Gasteiger partial charge is 0.281 e. The van der Waals surface area contributed by atoms with Gasteiger partial charge < -0.3 is 5.11 Å². The van der Waals surface area contributed by atoms with Crippen LogP contribution in [-0.4, -0.2) is 17.2 Å². The Labute approximate surface area is 157 Å². The van der Waals surface area contributed by atoms with E-state index in [-0.39, 0.29) is 0 Å². The fraction of sp³-hybridized carbons (Fsp3) is 0.0455. The summed E-state index contributed by atoms with van der Waals surface area (Å²) < 4.78 is 0. The minimum absolute atomic E-state index is 0.447. The third-order valence-corrected chi connectivity index (χ3v) is 4.13. The number of benzene rings is 3. The van der Waals surface area contributed by atoms with Crippen LogP contribution in [0.4, 0.5) is 0 Å². The number of hydrazone groups is 1. The van der Waals surface area contributed by atoms with E-state index < -0.39 is 11.5 Å². The Morgan fingerprint density at radius 1 is 0.926 bits per heavy atom. The minimum atomic E-state index is -1.87. The lowest BCUT2D eigenvalue weighted by Crippen LogP contribution is -2.43. The van der Waals surface area contributed by atoms with Crippen molar-refractivity contribution in [3.05, 3.63) is 107 Å². The number of hydrogen-bond acceptors (Lipinski definition) is 4. The molecule has 2 N–H and O–H groups in total. The molecule has 0 bridgehead atoms. The lowest BCUT2D eigenvalue weighted by atomic mass is 9.85. The highest BCUT2D eigenvalue weighted by Gasteiger charge is 2.39. The van der Waals surface area contributed by atoms with Gasteiger partial charge in [-0.15, -0.1) is 0 Å². The summed E-state index contributed by atoms with van der Waals surface area (Å²) in [7, 11) is 0. The van der Waals surface area contributed by atoms with Gasteiger partial charge in [-0.05, 0) is 28.8 Å². The van der Waals surface area contributed by atoms with Crippen molar-refractivity contribution in [1.29, 1.82) is 5.26 Å². The van der Waals surface area contributed by atoms with E-state index in [4.69, 9.17) is 5.26 Å². The first-order valence-corrected chi connectivity index (χ1v) is 8.31. The molecule has 3 aromatic carbocycles. The molecule has 5 nitrogen and oxygen atoms in total. The maximum atomic E-state index is 12.8. The summed E-state index contributed by atoms with van der Waals surface area (Å²) in [5.41, 5.74) is 2.70. The number of carbonyl (C=O) groups is 1. The summed E-state index contributed by atoms with van der Waals surface area (Å²) in [6.45, 7) is 0. The molecule has 3 rings (SSSR count). The van der Waals surface area contributed by atoms with Gasteiger partial charge in [0.2, 0.25) is 0 Å². The van der Waals surface area contributed by atoms with Gasteiger partial charge >= 0.3 is 0 Å². The molecule has 0 spiro atoms. The zero-order valence-electron chi connectivity index (χ0n) is 14.4. The van der Waals surface area contributed by atoms with Gasteiger partial charge in [0.05, 0.1) is 17.8 Å². The Balaban J connectivity index is 1.85. The van der Waals surface area contributed by atoms with Crippen molar-refractivity contribution in [3.63, 3.8) is 0 Å². The minimum Gasteiger partial charge on any atom is -0.372 e. The second-order valence-electron chi connectivity index (χ2n) is 5.88. The van der Waals surface area contributed by atoms with E-state index >= 15 is 0 Å². The van der Waals surface area contributed by atoms with Crippen molar-refractivity contribution >= 4 is 12.1 Å². The van der Waals surface area contributed by atoms with Gasteiger partial charge in [0.15, 0.2) is 5.60 Å². The Bertz CT molecular complexity index is 936. The van der Waals surface area contributed by atoms with Gasteiger partial charge in [0.25, 0.3) is 5.91 Å². The molecule has 0 atom stereocenters. The molecule has 5 heteroatoms. The largest absolute Gasteiger partial charge is 0.372 e. The van der Waals surface area contributed by atoms with Gasteiger partial charge in [-0.1, -0.05) is 72.8 Å². The highest BCUT2D eigenvalue weighted by molar-refractivity contribution is 5.91. The average molecular weight is 355 g/mol. The standard InChI is InChI=1S/C22H17N3O2/c23-15-17-11-13-18(14-12-17)16-24-25-21(26)22(27,19-7-3-1-4-8-19)20-9-5-2-6-10-20/h1-14,16,27H,(H,25,26)/b24-16-. The van der Waals surface area contributed by atoms with Crippen molar-refractivity contribution in [2.45, 2.75) is 5.60 Å². The Hall–Kier alpha value is -3.75. The lowest BCUT2D eigenvalue weighted by Gasteiger charge is -2.27. The molecule has 0 aliphatic rings. The van der Waals surface area contributed by atoms with Crippen molar-refractivity contribution < 1.29 is 9.90 Å². The molecule has 0 unspecified atom stereocenters. The summed E-state index contributed by atoms with van der Waals surface area (Å²) in [4.78, 5) is 12.8. The van der Waals surface area contributed by atoms with Crippen molar-refractivity contribution in [2.24, 2.45) is 5.10 Å². The molecule has 0 aliphatic carbocycles. The molecule has 27 heavy (non-hydrogen) atoms. The van der Waals surface area contributed by atoms with Crippen LogP contribution >= 0.6 is 0 Å². The fourth-order valence-electron chi connectivity index (χ4n) is 2.68. The lowest BCUT2D eigenvalue weighted by molar-refractivity contribution is -0.136. The van der Waals surface area contributed by atoms with Gasteiger partial charge in [-0.3, -0.25) is 4.79 Å². The summed E-state index contributed by atoms with van der Waals surface area (Å²) in [6, 6.07) is 26.2. The van der Waals surface area contributed by atoms with Crippen molar-refractivity contribution in [1.82, 2.24) is 5.43 Å². The highest BCUT2D eigenvalue weighted by Crippen LogP contribution is 2.29. The van der Waals surface area contributed by atoms with Gasteiger partial charge in [-0.25, -0.2) is 5.43 Å². The molecule has 1 amide bonds. The summed E-state index contributed by atoms with van der Waals surface area (Å²) in [5, 5.41) is 24.0. The van der Waals surface area contributed by atoms with Crippen LogP contribution in [0.3, 0.4) is 0 Å². The average Bonchev–Trinajstić information content (AvgIpc) is 2.74. The molecule has 0 fully saturated rings. The number of rotatable bonds is 5.